The standard InChI is InChI=1S/C11H21N5O/c1-7(2)16-11(10(12)8(3)14-16)13-6-9(17)15(4)5/h7,13H,6,12H2,1-5H3. The van der Waals surface area contributed by atoms with E-state index in [2.05, 4.69) is 10.4 Å². The summed E-state index contributed by atoms with van der Waals surface area (Å²) >= 11 is 0. The Hall–Kier alpha value is -1.72. The van der Waals surface area contributed by atoms with Crippen molar-refractivity contribution in [1.82, 2.24) is 14.7 Å². The van der Waals surface area contributed by atoms with E-state index in [1.54, 1.807) is 18.8 Å². The number of nitrogens with one attached hydrogen (secondary N) is 1. The van der Waals surface area contributed by atoms with E-state index < -0.39 is 0 Å². The van der Waals surface area contributed by atoms with E-state index in [1.165, 1.54) is 4.90 Å². The number of hydrogen-bond acceptors (Lipinski definition) is 4. The average Bonchev–Trinajstić information content (AvgIpc) is 2.52. The second kappa shape index (κ2) is 5.07. The van der Waals surface area contributed by atoms with E-state index in [0.29, 0.717) is 11.5 Å². The molecule has 0 fully saturated rings. The van der Waals surface area contributed by atoms with Crippen molar-refractivity contribution in [2.75, 3.05) is 31.7 Å². The third-order valence-electron chi connectivity index (χ3n) is 2.53. The van der Waals surface area contributed by atoms with Crippen LogP contribution >= 0.6 is 0 Å². The van der Waals surface area contributed by atoms with Gasteiger partial charge in [-0.15, -0.1) is 0 Å². The summed E-state index contributed by atoms with van der Waals surface area (Å²) in [6.45, 7) is 6.11. The second-order valence-corrected chi connectivity index (χ2v) is 4.53. The summed E-state index contributed by atoms with van der Waals surface area (Å²) in [6.07, 6.45) is 0. The lowest BCUT2D eigenvalue weighted by Gasteiger charge is -2.15. The van der Waals surface area contributed by atoms with Gasteiger partial charge in [-0.1, -0.05) is 0 Å². The quantitative estimate of drug-likeness (QED) is 0.817. The molecule has 0 saturated heterocycles. The number of nitrogen functional groups attached to an aromatic ring is 1. The highest BCUT2D eigenvalue weighted by atomic mass is 16.2. The minimum atomic E-state index is -0.00133. The Morgan fingerprint density at radius 2 is 2.12 bits per heavy atom. The van der Waals surface area contributed by atoms with Crippen molar-refractivity contribution in [3.8, 4) is 0 Å². The van der Waals surface area contributed by atoms with Crippen LogP contribution in [0.5, 0.6) is 0 Å². The first-order valence-corrected chi connectivity index (χ1v) is 5.63. The second-order valence-electron chi connectivity index (χ2n) is 4.53. The number of nitrogens with zero attached hydrogens (tertiary/aromatic N) is 3. The minimum Gasteiger partial charge on any atom is -0.394 e. The van der Waals surface area contributed by atoms with Gasteiger partial charge in [0.05, 0.1) is 17.9 Å². The lowest BCUT2D eigenvalue weighted by atomic mass is 10.3. The van der Waals surface area contributed by atoms with Gasteiger partial charge in [0.2, 0.25) is 5.91 Å². The molecule has 0 radical (unpaired) electrons. The monoisotopic (exact) mass is 239 g/mol. The van der Waals surface area contributed by atoms with E-state index in [1.807, 2.05) is 20.8 Å². The summed E-state index contributed by atoms with van der Waals surface area (Å²) in [6, 6.07) is 0.197. The maximum absolute atomic E-state index is 11.5. The van der Waals surface area contributed by atoms with Gasteiger partial charge in [0.25, 0.3) is 0 Å². The Kier molecular flexibility index (Phi) is 3.98. The number of hydrogen-bond donors (Lipinski definition) is 2. The SMILES string of the molecule is Cc1nn(C(C)C)c(NCC(=O)N(C)C)c1N. The molecular weight excluding hydrogens is 218 g/mol. The normalized spacial score (nSPS) is 10.7. The summed E-state index contributed by atoms with van der Waals surface area (Å²) < 4.78 is 1.80. The molecule has 1 amide bonds. The molecule has 0 saturated carbocycles. The molecule has 0 aliphatic heterocycles. The van der Waals surface area contributed by atoms with Gasteiger partial charge in [0.1, 0.15) is 5.82 Å². The molecule has 0 aliphatic rings. The Bertz CT molecular complexity index is 408. The molecule has 0 bridgehead atoms. The van der Waals surface area contributed by atoms with Crippen LogP contribution in [0.15, 0.2) is 0 Å². The minimum absolute atomic E-state index is 0.00133. The molecule has 6 nitrogen and oxygen atoms in total. The highest BCUT2D eigenvalue weighted by Crippen LogP contribution is 2.25. The van der Waals surface area contributed by atoms with Gasteiger partial charge < -0.3 is 16.0 Å². The number of aryl methyl sites for hydroxylation is 1. The maximum atomic E-state index is 11.5. The first kappa shape index (κ1) is 13.3. The Morgan fingerprint density at radius 3 is 2.59 bits per heavy atom. The molecule has 1 heterocycles. The molecule has 0 atom stereocenters. The Labute approximate surface area is 102 Å². The number of carbonyl (C=O) groups is 1. The van der Waals surface area contributed by atoms with Crippen LogP contribution in [-0.2, 0) is 4.79 Å². The van der Waals surface area contributed by atoms with E-state index in [0.717, 1.165) is 5.69 Å². The number of anilines is 2. The summed E-state index contributed by atoms with van der Waals surface area (Å²) in [5, 5.41) is 7.39. The highest BCUT2D eigenvalue weighted by Gasteiger charge is 2.15. The number of carbonyl (C=O) groups excluding carboxylic acids is 1. The zero-order valence-electron chi connectivity index (χ0n) is 11.1. The third kappa shape index (κ3) is 2.89. The number of nitrogens with two attached hydrogens (primary N) is 1. The molecule has 3 N–H and O–H groups in total. The molecule has 0 unspecified atom stereocenters. The van der Waals surface area contributed by atoms with Crippen molar-refractivity contribution < 1.29 is 4.79 Å². The van der Waals surface area contributed by atoms with Gasteiger partial charge >= 0.3 is 0 Å². The highest BCUT2D eigenvalue weighted by molar-refractivity contribution is 5.81. The summed E-state index contributed by atoms with van der Waals surface area (Å²) in [5.41, 5.74) is 7.31. The van der Waals surface area contributed by atoms with Crippen molar-refractivity contribution in [2.24, 2.45) is 0 Å². The smallest absolute Gasteiger partial charge is 0.241 e. The first-order chi connectivity index (χ1) is 7.84. The lowest BCUT2D eigenvalue weighted by Crippen LogP contribution is -2.29. The van der Waals surface area contributed by atoms with E-state index in [-0.39, 0.29) is 18.5 Å². The van der Waals surface area contributed by atoms with Crippen molar-refractivity contribution in [2.45, 2.75) is 26.8 Å². The van der Waals surface area contributed by atoms with Crippen molar-refractivity contribution in [3.63, 3.8) is 0 Å². The van der Waals surface area contributed by atoms with Gasteiger partial charge in [-0.25, -0.2) is 4.68 Å². The van der Waals surface area contributed by atoms with Gasteiger partial charge in [0, 0.05) is 20.1 Å². The zero-order chi connectivity index (χ0) is 13.2. The number of aromatic nitrogens is 2. The molecular formula is C11H21N5O. The maximum Gasteiger partial charge on any atom is 0.241 e. The van der Waals surface area contributed by atoms with E-state index in [9.17, 15) is 4.79 Å². The fourth-order valence-corrected chi connectivity index (χ4v) is 1.43. The summed E-state index contributed by atoms with van der Waals surface area (Å²) in [5.74, 6) is 0.714. The summed E-state index contributed by atoms with van der Waals surface area (Å²) in [4.78, 5) is 13.0. The van der Waals surface area contributed by atoms with Gasteiger partial charge in [-0.05, 0) is 20.8 Å². The van der Waals surface area contributed by atoms with Crippen LogP contribution in [0, 0.1) is 6.92 Å². The number of likely N-dealkylation sites (N-methyl/N-ethyl adjacent to an activating group) is 1. The van der Waals surface area contributed by atoms with Crippen LogP contribution in [0.25, 0.3) is 0 Å². The van der Waals surface area contributed by atoms with Crippen molar-refractivity contribution >= 4 is 17.4 Å². The molecule has 96 valence electrons. The lowest BCUT2D eigenvalue weighted by molar-refractivity contribution is -0.126. The van der Waals surface area contributed by atoms with Gasteiger partial charge in [-0.3, -0.25) is 4.79 Å². The molecule has 6 heteroatoms. The molecule has 1 aromatic heterocycles. The van der Waals surface area contributed by atoms with Crippen LogP contribution in [0.1, 0.15) is 25.6 Å². The Morgan fingerprint density at radius 1 is 1.53 bits per heavy atom. The molecule has 0 aromatic carbocycles. The third-order valence-corrected chi connectivity index (χ3v) is 2.53. The van der Waals surface area contributed by atoms with Crippen molar-refractivity contribution in [1.29, 1.82) is 0 Å². The predicted molar refractivity (Wildman–Crippen MR) is 68.9 cm³/mol. The predicted octanol–water partition coefficient (Wildman–Crippen LogP) is 0.855. The molecule has 17 heavy (non-hydrogen) atoms. The molecule has 0 aliphatic carbocycles. The fourth-order valence-electron chi connectivity index (χ4n) is 1.43. The van der Waals surface area contributed by atoms with Crippen LogP contribution in [0.2, 0.25) is 0 Å². The molecule has 1 rings (SSSR count). The topological polar surface area (TPSA) is 76.2 Å². The van der Waals surface area contributed by atoms with Gasteiger partial charge in [-0.2, -0.15) is 5.10 Å². The van der Waals surface area contributed by atoms with Crippen LogP contribution < -0.4 is 11.1 Å². The average molecular weight is 239 g/mol. The largest absolute Gasteiger partial charge is 0.394 e. The number of rotatable bonds is 4. The molecule has 1 aromatic rings. The van der Waals surface area contributed by atoms with Crippen molar-refractivity contribution in [3.05, 3.63) is 5.69 Å². The van der Waals surface area contributed by atoms with Crippen LogP contribution in [-0.4, -0.2) is 41.2 Å². The van der Waals surface area contributed by atoms with Crippen LogP contribution in [0.3, 0.4) is 0 Å². The van der Waals surface area contributed by atoms with Gasteiger partial charge in [0.15, 0.2) is 0 Å². The first-order valence-electron chi connectivity index (χ1n) is 5.63. The Balaban J connectivity index is 2.86. The summed E-state index contributed by atoms with van der Waals surface area (Å²) in [7, 11) is 3.44. The molecule has 0 spiro atoms. The fraction of sp³-hybridized carbons (Fsp3) is 0.636. The van der Waals surface area contributed by atoms with Crippen LogP contribution in [0.4, 0.5) is 11.5 Å². The van der Waals surface area contributed by atoms with E-state index in [4.69, 9.17) is 5.73 Å². The van der Waals surface area contributed by atoms with E-state index >= 15 is 0 Å². The number of amides is 1. The zero-order valence-corrected chi connectivity index (χ0v) is 11.1.